The van der Waals surface area contributed by atoms with E-state index in [1.165, 1.54) is 0 Å². The minimum absolute atomic E-state index is 0.182. The fourth-order valence-electron chi connectivity index (χ4n) is 2.29. The van der Waals surface area contributed by atoms with Crippen molar-refractivity contribution in [2.24, 2.45) is 5.41 Å². The van der Waals surface area contributed by atoms with E-state index in [1.807, 2.05) is 38.3 Å². The summed E-state index contributed by atoms with van der Waals surface area (Å²) in [4.78, 5) is 14.6. The monoisotopic (exact) mass is 239 g/mol. The van der Waals surface area contributed by atoms with Gasteiger partial charge in [-0.15, -0.1) is 11.3 Å². The molecule has 0 aliphatic carbocycles. The Kier molecular flexibility index (Phi) is 2.40. The van der Waals surface area contributed by atoms with E-state index in [-0.39, 0.29) is 11.9 Å². The number of likely N-dealkylation sites (N-methyl/N-ethyl adjacent to an activating group) is 1. The van der Waals surface area contributed by atoms with Crippen molar-refractivity contribution < 1.29 is 9.90 Å². The highest BCUT2D eigenvalue weighted by Gasteiger charge is 2.65. The minimum Gasteiger partial charge on any atom is -0.377 e. The number of carbonyl (C=O) groups is 1. The van der Waals surface area contributed by atoms with Crippen molar-refractivity contribution in [3.05, 3.63) is 22.4 Å². The summed E-state index contributed by atoms with van der Waals surface area (Å²) in [5.74, 6) is -0.182. The molecule has 3 nitrogen and oxygen atoms in total. The standard InChI is InChI=1S/C12H17NO2S/c1-11(2,3)12(15)9(13(4)10(12)14)8-6-5-7-16-8/h5-7,9,15H,1-4H3. The number of β-lactam (4-membered cyclic amide) rings is 1. The highest BCUT2D eigenvalue weighted by molar-refractivity contribution is 7.10. The second-order valence-corrected chi connectivity index (χ2v) is 6.33. The van der Waals surface area contributed by atoms with E-state index in [0.717, 1.165) is 4.88 Å². The minimum atomic E-state index is -1.27. The highest BCUT2D eigenvalue weighted by atomic mass is 32.1. The molecule has 2 atom stereocenters. The van der Waals surface area contributed by atoms with Crippen LogP contribution in [0.3, 0.4) is 0 Å². The summed E-state index contributed by atoms with van der Waals surface area (Å²) >= 11 is 1.58. The van der Waals surface area contributed by atoms with Gasteiger partial charge in [0.1, 0.15) is 6.04 Å². The molecule has 1 aliphatic heterocycles. The zero-order valence-corrected chi connectivity index (χ0v) is 10.8. The molecule has 0 radical (unpaired) electrons. The summed E-state index contributed by atoms with van der Waals surface area (Å²) in [5.41, 5.74) is -1.72. The molecule has 1 fully saturated rings. The second-order valence-electron chi connectivity index (χ2n) is 5.35. The fourth-order valence-corrected chi connectivity index (χ4v) is 3.22. The van der Waals surface area contributed by atoms with Gasteiger partial charge in [-0.3, -0.25) is 4.79 Å². The van der Waals surface area contributed by atoms with Gasteiger partial charge >= 0.3 is 0 Å². The molecule has 16 heavy (non-hydrogen) atoms. The summed E-state index contributed by atoms with van der Waals surface area (Å²) < 4.78 is 0. The number of nitrogens with zero attached hydrogens (tertiary/aromatic N) is 1. The number of rotatable bonds is 1. The van der Waals surface area contributed by atoms with E-state index in [2.05, 4.69) is 0 Å². The lowest BCUT2D eigenvalue weighted by Gasteiger charge is -2.56. The van der Waals surface area contributed by atoms with Gasteiger partial charge in [0.15, 0.2) is 5.60 Å². The van der Waals surface area contributed by atoms with Crippen molar-refractivity contribution >= 4 is 17.2 Å². The number of hydrogen-bond acceptors (Lipinski definition) is 3. The smallest absolute Gasteiger partial charge is 0.258 e. The summed E-state index contributed by atoms with van der Waals surface area (Å²) in [6, 6.07) is 3.70. The molecule has 2 unspecified atom stereocenters. The van der Waals surface area contributed by atoms with Crippen LogP contribution in [0.1, 0.15) is 31.7 Å². The molecule has 0 bridgehead atoms. The van der Waals surface area contributed by atoms with Gasteiger partial charge in [-0.2, -0.15) is 0 Å². The average molecular weight is 239 g/mol. The molecule has 4 heteroatoms. The van der Waals surface area contributed by atoms with Gasteiger partial charge in [-0.1, -0.05) is 26.8 Å². The van der Waals surface area contributed by atoms with Gasteiger partial charge in [0.05, 0.1) is 0 Å². The van der Waals surface area contributed by atoms with Gasteiger partial charge < -0.3 is 10.0 Å². The van der Waals surface area contributed by atoms with E-state index in [1.54, 1.807) is 23.3 Å². The maximum Gasteiger partial charge on any atom is 0.258 e. The largest absolute Gasteiger partial charge is 0.377 e. The number of aliphatic hydroxyl groups is 1. The third kappa shape index (κ3) is 1.26. The Morgan fingerprint density at radius 2 is 2.12 bits per heavy atom. The Labute approximate surface area is 99.7 Å². The second kappa shape index (κ2) is 3.31. The van der Waals surface area contributed by atoms with Crippen LogP contribution < -0.4 is 0 Å². The predicted octanol–water partition coefficient (Wildman–Crippen LogP) is 2.04. The molecular formula is C12H17NO2S. The van der Waals surface area contributed by atoms with Crippen LogP contribution >= 0.6 is 11.3 Å². The zero-order valence-electron chi connectivity index (χ0n) is 10.0. The molecule has 0 spiro atoms. The summed E-state index contributed by atoms with van der Waals surface area (Å²) in [7, 11) is 1.74. The van der Waals surface area contributed by atoms with E-state index < -0.39 is 11.0 Å². The molecule has 1 aromatic heterocycles. The Balaban J connectivity index is 2.43. The van der Waals surface area contributed by atoms with Crippen LogP contribution in [0.4, 0.5) is 0 Å². The molecule has 0 saturated carbocycles. The molecule has 1 aliphatic rings. The summed E-state index contributed by atoms with van der Waals surface area (Å²) in [5, 5.41) is 12.6. The zero-order chi connectivity index (χ0) is 12.1. The molecule has 1 amide bonds. The topological polar surface area (TPSA) is 40.5 Å². The predicted molar refractivity (Wildman–Crippen MR) is 64.2 cm³/mol. The molecule has 1 N–H and O–H groups in total. The molecule has 1 aromatic rings. The maximum absolute atomic E-state index is 11.9. The normalized spacial score (nSPS) is 30.4. The van der Waals surface area contributed by atoms with E-state index in [4.69, 9.17) is 0 Å². The van der Waals surface area contributed by atoms with Crippen LogP contribution in [-0.2, 0) is 4.79 Å². The first-order chi connectivity index (χ1) is 7.30. The highest BCUT2D eigenvalue weighted by Crippen LogP contribution is 2.52. The van der Waals surface area contributed by atoms with Crippen LogP contribution in [0.25, 0.3) is 0 Å². The summed E-state index contributed by atoms with van der Waals surface area (Å²) in [6.07, 6.45) is 0. The third-order valence-corrected chi connectivity index (χ3v) is 4.31. The average Bonchev–Trinajstić information content (AvgIpc) is 2.68. The molecule has 2 heterocycles. The van der Waals surface area contributed by atoms with Crippen LogP contribution in [-0.4, -0.2) is 28.6 Å². The van der Waals surface area contributed by atoms with Gasteiger partial charge in [0.25, 0.3) is 5.91 Å². The molecule has 88 valence electrons. The molecule has 1 saturated heterocycles. The molecule has 2 rings (SSSR count). The van der Waals surface area contributed by atoms with E-state index in [9.17, 15) is 9.90 Å². The first kappa shape index (κ1) is 11.6. The van der Waals surface area contributed by atoms with Crippen LogP contribution in [0.5, 0.6) is 0 Å². The Morgan fingerprint density at radius 1 is 1.50 bits per heavy atom. The Hall–Kier alpha value is -0.870. The summed E-state index contributed by atoms with van der Waals surface area (Å²) in [6.45, 7) is 5.70. The van der Waals surface area contributed by atoms with Crippen molar-refractivity contribution in [3.63, 3.8) is 0 Å². The van der Waals surface area contributed by atoms with E-state index in [0.29, 0.717) is 0 Å². The lowest BCUT2D eigenvalue weighted by Crippen LogP contribution is -2.72. The van der Waals surface area contributed by atoms with Gasteiger partial charge in [0.2, 0.25) is 0 Å². The van der Waals surface area contributed by atoms with Crippen molar-refractivity contribution in [1.29, 1.82) is 0 Å². The number of hydrogen-bond donors (Lipinski definition) is 1. The molecular weight excluding hydrogens is 222 g/mol. The third-order valence-electron chi connectivity index (χ3n) is 3.39. The van der Waals surface area contributed by atoms with Crippen molar-refractivity contribution in [1.82, 2.24) is 4.90 Å². The number of amides is 1. The Bertz CT molecular complexity index is 407. The van der Waals surface area contributed by atoms with Crippen molar-refractivity contribution in [2.45, 2.75) is 32.4 Å². The number of carbonyl (C=O) groups excluding carboxylic acids is 1. The first-order valence-electron chi connectivity index (χ1n) is 5.33. The lowest BCUT2D eigenvalue weighted by molar-refractivity contribution is -0.212. The quantitative estimate of drug-likeness (QED) is 0.762. The van der Waals surface area contributed by atoms with Gasteiger partial charge in [-0.25, -0.2) is 0 Å². The van der Waals surface area contributed by atoms with Crippen LogP contribution in [0.2, 0.25) is 0 Å². The van der Waals surface area contributed by atoms with E-state index >= 15 is 0 Å². The van der Waals surface area contributed by atoms with Crippen molar-refractivity contribution in [3.8, 4) is 0 Å². The first-order valence-corrected chi connectivity index (χ1v) is 6.21. The number of likely N-dealkylation sites (tertiary alicyclic amines) is 1. The van der Waals surface area contributed by atoms with Crippen LogP contribution in [0, 0.1) is 5.41 Å². The van der Waals surface area contributed by atoms with Gasteiger partial charge in [-0.05, 0) is 11.4 Å². The fraction of sp³-hybridized carbons (Fsp3) is 0.583. The molecule has 0 aromatic carbocycles. The Morgan fingerprint density at radius 3 is 2.56 bits per heavy atom. The maximum atomic E-state index is 11.9. The van der Waals surface area contributed by atoms with Gasteiger partial charge in [0, 0.05) is 17.3 Å². The lowest BCUT2D eigenvalue weighted by atomic mass is 9.65. The SMILES string of the molecule is CN1C(=O)C(O)(C(C)(C)C)C1c1cccs1. The van der Waals surface area contributed by atoms with Crippen LogP contribution in [0.15, 0.2) is 17.5 Å². The van der Waals surface area contributed by atoms with Crippen molar-refractivity contribution in [2.75, 3.05) is 7.05 Å². The number of thiophene rings is 1.